The Hall–Kier alpha value is -2.87. The normalized spacial score (nSPS) is 21.3. The van der Waals surface area contributed by atoms with Crippen molar-refractivity contribution in [2.75, 3.05) is 18.4 Å². The maximum absolute atomic E-state index is 14.6. The molecule has 2 fully saturated rings. The quantitative estimate of drug-likeness (QED) is 0.655. The minimum atomic E-state index is -2.61. The first-order valence-electron chi connectivity index (χ1n) is 10.8. The highest BCUT2D eigenvalue weighted by Gasteiger charge is 2.34. The first kappa shape index (κ1) is 22.3. The van der Waals surface area contributed by atoms with E-state index in [4.69, 9.17) is 0 Å². The lowest BCUT2D eigenvalue weighted by molar-refractivity contribution is -0.134. The monoisotopic (exact) mass is 445 g/mol. The number of hydrogen-bond acceptors (Lipinski definition) is 4. The van der Waals surface area contributed by atoms with E-state index >= 15 is 0 Å². The summed E-state index contributed by atoms with van der Waals surface area (Å²) in [5.41, 5.74) is 2.88. The van der Waals surface area contributed by atoms with Gasteiger partial charge in [0.25, 0.3) is 5.92 Å². The zero-order chi connectivity index (χ0) is 22.7. The van der Waals surface area contributed by atoms with Gasteiger partial charge in [0.2, 0.25) is 11.8 Å². The fourth-order valence-electron chi connectivity index (χ4n) is 4.19. The van der Waals surface area contributed by atoms with Crippen LogP contribution in [-0.2, 0) is 22.7 Å². The van der Waals surface area contributed by atoms with Crippen LogP contribution in [0.5, 0.6) is 0 Å². The van der Waals surface area contributed by atoms with Crippen LogP contribution in [0.3, 0.4) is 0 Å². The Morgan fingerprint density at radius 3 is 2.59 bits per heavy atom. The molecule has 0 radical (unpaired) electrons. The van der Waals surface area contributed by atoms with Gasteiger partial charge in [0.1, 0.15) is 5.82 Å². The van der Waals surface area contributed by atoms with Crippen molar-refractivity contribution in [3.63, 3.8) is 0 Å². The van der Waals surface area contributed by atoms with Crippen LogP contribution in [0, 0.1) is 5.82 Å². The number of carbonyl (C=O) groups excluding carboxylic acids is 2. The number of rotatable bonds is 6. The zero-order valence-electron chi connectivity index (χ0n) is 17.7. The number of piperidine rings is 2. The Kier molecular flexibility index (Phi) is 6.50. The van der Waals surface area contributed by atoms with E-state index in [-0.39, 0.29) is 49.5 Å². The molecule has 2 N–H and O–H groups in total. The molecule has 0 bridgehead atoms. The number of halogens is 3. The highest BCUT2D eigenvalue weighted by atomic mass is 19.3. The fourth-order valence-corrected chi connectivity index (χ4v) is 4.19. The third kappa shape index (κ3) is 5.48. The van der Waals surface area contributed by atoms with Crippen LogP contribution in [0.25, 0.3) is 0 Å². The standard InChI is InChI=1S/C24H26F3N3O2/c25-21-12-16(4-5-18(21)15-30-10-8-24(26,27)9-11-30)14-28-19-3-1-2-17(13-19)20-6-7-22(31)29-23(20)32/h1-5,12-13,20,28H,6-11,14-15H2,(H,29,31,32). The molecule has 0 spiro atoms. The second kappa shape index (κ2) is 9.32. The Morgan fingerprint density at radius 1 is 1.09 bits per heavy atom. The van der Waals surface area contributed by atoms with Crippen LogP contribution in [0.4, 0.5) is 18.9 Å². The maximum atomic E-state index is 14.6. The molecule has 32 heavy (non-hydrogen) atoms. The molecule has 2 aliphatic heterocycles. The third-order valence-electron chi connectivity index (χ3n) is 6.12. The molecule has 8 heteroatoms. The number of hydrogen-bond donors (Lipinski definition) is 2. The van der Waals surface area contributed by atoms with E-state index in [1.54, 1.807) is 6.07 Å². The number of likely N-dealkylation sites (tertiary alicyclic amines) is 1. The molecular formula is C24H26F3N3O2. The van der Waals surface area contributed by atoms with Gasteiger partial charge < -0.3 is 5.32 Å². The van der Waals surface area contributed by atoms with Crippen molar-refractivity contribution < 1.29 is 22.8 Å². The predicted octanol–water partition coefficient (Wildman–Crippen LogP) is 4.19. The van der Waals surface area contributed by atoms with E-state index in [0.29, 0.717) is 31.5 Å². The number of nitrogens with one attached hydrogen (secondary N) is 2. The molecule has 0 aliphatic carbocycles. The Bertz CT molecular complexity index is 1000. The van der Waals surface area contributed by atoms with Crippen LogP contribution in [0.1, 0.15) is 48.3 Å². The topological polar surface area (TPSA) is 61.4 Å². The SMILES string of the molecule is O=C1CCC(c2cccc(NCc3ccc(CN4CCC(F)(F)CC4)c(F)c3)c2)C(=O)N1. The lowest BCUT2D eigenvalue weighted by Crippen LogP contribution is -2.39. The summed E-state index contributed by atoms with van der Waals surface area (Å²) in [5, 5.41) is 5.61. The van der Waals surface area contributed by atoms with E-state index in [0.717, 1.165) is 16.8 Å². The Labute approximate surface area is 185 Å². The van der Waals surface area contributed by atoms with Crippen LogP contribution in [-0.4, -0.2) is 35.7 Å². The predicted molar refractivity (Wildman–Crippen MR) is 115 cm³/mol. The lowest BCUT2D eigenvalue weighted by Gasteiger charge is -2.31. The number of alkyl halides is 2. The first-order chi connectivity index (χ1) is 15.3. The lowest BCUT2D eigenvalue weighted by atomic mass is 9.90. The summed E-state index contributed by atoms with van der Waals surface area (Å²) in [6, 6.07) is 12.4. The summed E-state index contributed by atoms with van der Waals surface area (Å²) in [5.74, 6) is -3.85. The van der Waals surface area contributed by atoms with E-state index in [1.165, 1.54) is 6.07 Å². The number of nitrogens with zero attached hydrogens (tertiary/aromatic N) is 1. The van der Waals surface area contributed by atoms with Gasteiger partial charge in [-0.05, 0) is 35.7 Å². The van der Waals surface area contributed by atoms with Crippen molar-refractivity contribution in [3.8, 4) is 0 Å². The Balaban J connectivity index is 1.35. The molecule has 5 nitrogen and oxygen atoms in total. The molecule has 2 aliphatic rings. The molecule has 170 valence electrons. The maximum Gasteiger partial charge on any atom is 0.250 e. The Morgan fingerprint density at radius 2 is 1.88 bits per heavy atom. The van der Waals surface area contributed by atoms with Gasteiger partial charge in [-0.25, -0.2) is 13.2 Å². The van der Waals surface area contributed by atoms with Crippen molar-refractivity contribution in [3.05, 3.63) is 65.0 Å². The minimum absolute atomic E-state index is 0.186. The molecular weight excluding hydrogens is 419 g/mol. The van der Waals surface area contributed by atoms with Gasteiger partial charge in [0.05, 0.1) is 5.92 Å². The van der Waals surface area contributed by atoms with Gasteiger partial charge in [-0.2, -0.15) is 0 Å². The number of benzene rings is 2. The van der Waals surface area contributed by atoms with Gasteiger partial charge in [-0.15, -0.1) is 0 Å². The van der Waals surface area contributed by atoms with Crippen molar-refractivity contribution in [2.45, 2.75) is 50.6 Å². The molecule has 2 amide bonds. The van der Waals surface area contributed by atoms with E-state index in [1.807, 2.05) is 35.2 Å². The smallest absolute Gasteiger partial charge is 0.250 e. The largest absolute Gasteiger partial charge is 0.381 e. The molecule has 4 rings (SSSR count). The summed E-state index contributed by atoms with van der Waals surface area (Å²) in [7, 11) is 0. The zero-order valence-corrected chi connectivity index (χ0v) is 17.7. The van der Waals surface area contributed by atoms with Gasteiger partial charge in [0.15, 0.2) is 0 Å². The first-order valence-corrected chi connectivity index (χ1v) is 10.8. The van der Waals surface area contributed by atoms with Crippen molar-refractivity contribution in [1.82, 2.24) is 10.2 Å². The van der Waals surface area contributed by atoms with Crippen molar-refractivity contribution in [1.29, 1.82) is 0 Å². The summed E-state index contributed by atoms with van der Waals surface area (Å²) >= 11 is 0. The van der Waals surface area contributed by atoms with E-state index in [9.17, 15) is 22.8 Å². The fraction of sp³-hybridized carbons (Fsp3) is 0.417. The minimum Gasteiger partial charge on any atom is -0.381 e. The van der Waals surface area contributed by atoms with E-state index in [2.05, 4.69) is 10.6 Å². The number of amides is 2. The van der Waals surface area contributed by atoms with Crippen molar-refractivity contribution >= 4 is 17.5 Å². The molecule has 2 saturated heterocycles. The van der Waals surface area contributed by atoms with E-state index < -0.39 is 5.92 Å². The molecule has 0 aromatic heterocycles. The van der Waals surface area contributed by atoms with Crippen LogP contribution < -0.4 is 10.6 Å². The summed E-state index contributed by atoms with van der Waals surface area (Å²) < 4.78 is 41.2. The molecule has 1 unspecified atom stereocenters. The average Bonchev–Trinajstić information content (AvgIpc) is 2.75. The van der Waals surface area contributed by atoms with Crippen LogP contribution in [0.15, 0.2) is 42.5 Å². The summed E-state index contributed by atoms with van der Waals surface area (Å²) in [6.45, 7) is 1.24. The van der Waals surface area contributed by atoms with Gasteiger partial charge in [-0.3, -0.25) is 19.8 Å². The van der Waals surface area contributed by atoms with Gasteiger partial charge >= 0.3 is 0 Å². The average molecular weight is 445 g/mol. The molecule has 1 atom stereocenters. The molecule has 2 aromatic carbocycles. The highest BCUT2D eigenvalue weighted by molar-refractivity contribution is 6.01. The summed E-state index contributed by atoms with van der Waals surface area (Å²) in [6.07, 6.45) is 0.429. The second-order valence-electron chi connectivity index (χ2n) is 8.54. The molecule has 2 aromatic rings. The molecule has 2 heterocycles. The van der Waals surface area contributed by atoms with Crippen LogP contribution >= 0.6 is 0 Å². The number of imide groups is 1. The number of carbonyl (C=O) groups is 2. The second-order valence-corrected chi connectivity index (χ2v) is 8.54. The number of anilines is 1. The van der Waals surface area contributed by atoms with Crippen LogP contribution in [0.2, 0.25) is 0 Å². The van der Waals surface area contributed by atoms with Crippen molar-refractivity contribution in [2.24, 2.45) is 0 Å². The highest BCUT2D eigenvalue weighted by Crippen LogP contribution is 2.29. The van der Waals surface area contributed by atoms with Gasteiger partial charge in [0, 0.05) is 56.7 Å². The third-order valence-corrected chi connectivity index (χ3v) is 6.12. The molecule has 0 saturated carbocycles. The van der Waals surface area contributed by atoms with Gasteiger partial charge in [-0.1, -0.05) is 24.3 Å². The summed E-state index contributed by atoms with van der Waals surface area (Å²) in [4.78, 5) is 25.3.